The van der Waals surface area contributed by atoms with Gasteiger partial charge in [-0.1, -0.05) is 25.0 Å². The third-order valence-electron chi connectivity index (χ3n) is 1.98. The second kappa shape index (κ2) is 3.05. The molecule has 0 saturated heterocycles. The van der Waals surface area contributed by atoms with Crippen LogP contribution in [0, 0.1) is 5.92 Å². The number of unbranched alkanes of at least 4 members (excludes halogenated alkanes) is 1. The van der Waals surface area contributed by atoms with Gasteiger partial charge in [-0.15, -0.1) is 0 Å². The smallest absolute Gasteiger partial charge is 0.0206 e. The summed E-state index contributed by atoms with van der Waals surface area (Å²) in [7, 11) is 0. The highest BCUT2D eigenvalue weighted by molar-refractivity contribution is 5.08. The van der Waals surface area contributed by atoms with Crippen LogP contribution in [0.25, 0.3) is 0 Å². The Morgan fingerprint density at radius 2 is 2.22 bits per heavy atom. The van der Waals surface area contributed by atoms with Crippen molar-refractivity contribution in [1.82, 2.24) is 0 Å². The van der Waals surface area contributed by atoms with Crippen LogP contribution in [-0.2, 0) is 0 Å². The van der Waals surface area contributed by atoms with Crippen molar-refractivity contribution in [2.75, 3.05) is 0 Å². The summed E-state index contributed by atoms with van der Waals surface area (Å²) in [5.74, 6) is 0.983. The van der Waals surface area contributed by atoms with Crippen LogP contribution in [0.4, 0.5) is 0 Å². The van der Waals surface area contributed by atoms with E-state index in [1.807, 2.05) is 0 Å². The fourth-order valence-corrected chi connectivity index (χ4v) is 1.08. The Balaban J connectivity index is 2.20. The van der Waals surface area contributed by atoms with Gasteiger partial charge in [0.05, 0.1) is 0 Å². The predicted molar refractivity (Wildman–Crippen MR) is 41.4 cm³/mol. The Kier molecular flexibility index (Phi) is 2.32. The van der Waals surface area contributed by atoms with Crippen LogP contribution in [0.1, 0.15) is 39.5 Å². The lowest BCUT2D eigenvalue weighted by atomic mass is 10.1. The van der Waals surface area contributed by atoms with E-state index in [9.17, 15) is 0 Å². The molecule has 0 radical (unpaired) electrons. The van der Waals surface area contributed by atoms with Gasteiger partial charge in [-0.3, -0.25) is 0 Å². The van der Waals surface area contributed by atoms with Crippen molar-refractivity contribution in [3.63, 3.8) is 0 Å². The quantitative estimate of drug-likeness (QED) is 0.507. The molecule has 0 aliphatic heterocycles. The standard InChI is InChI=1S/C9H16/c1-3-4-5-8(2)9-6-7-9/h5,9H,3-4,6-7H2,1-2H3. The molecule has 0 heterocycles. The first-order chi connectivity index (χ1) is 4.34. The lowest BCUT2D eigenvalue weighted by Gasteiger charge is -1.93. The van der Waals surface area contributed by atoms with Crippen molar-refractivity contribution >= 4 is 0 Å². The Morgan fingerprint density at radius 3 is 2.67 bits per heavy atom. The zero-order chi connectivity index (χ0) is 6.69. The molecule has 0 atom stereocenters. The molecule has 1 rings (SSSR count). The van der Waals surface area contributed by atoms with E-state index in [1.54, 1.807) is 5.57 Å². The first-order valence-corrected chi connectivity index (χ1v) is 4.01. The zero-order valence-corrected chi connectivity index (χ0v) is 6.48. The van der Waals surface area contributed by atoms with Crippen molar-refractivity contribution in [3.05, 3.63) is 11.6 Å². The van der Waals surface area contributed by atoms with E-state index in [2.05, 4.69) is 19.9 Å². The van der Waals surface area contributed by atoms with Crippen LogP contribution in [0.15, 0.2) is 11.6 Å². The molecule has 0 aromatic carbocycles. The second-order valence-corrected chi connectivity index (χ2v) is 3.01. The Morgan fingerprint density at radius 1 is 1.56 bits per heavy atom. The molecule has 52 valence electrons. The average Bonchev–Trinajstić information content (AvgIpc) is 2.63. The van der Waals surface area contributed by atoms with Gasteiger partial charge < -0.3 is 0 Å². The van der Waals surface area contributed by atoms with E-state index >= 15 is 0 Å². The molecule has 0 amide bonds. The topological polar surface area (TPSA) is 0 Å². The monoisotopic (exact) mass is 124 g/mol. The summed E-state index contributed by atoms with van der Waals surface area (Å²) in [6.45, 7) is 4.50. The van der Waals surface area contributed by atoms with E-state index in [1.165, 1.54) is 25.7 Å². The predicted octanol–water partition coefficient (Wildman–Crippen LogP) is 3.14. The molecule has 0 nitrogen and oxygen atoms in total. The third-order valence-corrected chi connectivity index (χ3v) is 1.98. The average molecular weight is 124 g/mol. The molecule has 0 spiro atoms. The van der Waals surface area contributed by atoms with Gasteiger partial charge in [0.25, 0.3) is 0 Å². The molecule has 1 fully saturated rings. The molecule has 0 N–H and O–H groups in total. The minimum Gasteiger partial charge on any atom is -0.0853 e. The SMILES string of the molecule is CCCC=C(C)C1CC1. The molecular formula is C9H16. The Hall–Kier alpha value is -0.260. The molecule has 0 aromatic rings. The summed E-state index contributed by atoms with van der Waals surface area (Å²) in [4.78, 5) is 0. The highest BCUT2D eigenvalue weighted by Gasteiger charge is 2.22. The van der Waals surface area contributed by atoms with Gasteiger partial charge in [0.1, 0.15) is 0 Å². The first kappa shape index (κ1) is 6.85. The van der Waals surface area contributed by atoms with Crippen molar-refractivity contribution in [3.8, 4) is 0 Å². The van der Waals surface area contributed by atoms with Gasteiger partial charge in [-0.05, 0) is 32.1 Å². The van der Waals surface area contributed by atoms with Crippen LogP contribution in [0.5, 0.6) is 0 Å². The number of rotatable bonds is 3. The Labute approximate surface area is 58.0 Å². The molecular weight excluding hydrogens is 108 g/mol. The largest absolute Gasteiger partial charge is 0.0853 e. The van der Waals surface area contributed by atoms with Gasteiger partial charge in [0, 0.05) is 0 Å². The van der Waals surface area contributed by atoms with E-state index in [4.69, 9.17) is 0 Å². The van der Waals surface area contributed by atoms with Crippen molar-refractivity contribution in [2.45, 2.75) is 39.5 Å². The Bertz CT molecular complexity index is 107. The molecule has 1 aliphatic carbocycles. The molecule has 0 bridgehead atoms. The van der Waals surface area contributed by atoms with Crippen molar-refractivity contribution in [2.24, 2.45) is 5.92 Å². The van der Waals surface area contributed by atoms with Crippen LogP contribution in [0.3, 0.4) is 0 Å². The molecule has 1 aliphatic rings. The molecule has 9 heavy (non-hydrogen) atoms. The minimum atomic E-state index is 0.983. The third kappa shape index (κ3) is 2.21. The summed E-state index contributed by atoms with van der Waals surface area (Å²) in [6, 6.07) is 0. The fraction of sp³-hybridized carbons (Fsp3) is 0.778. The maximum atomic E-state index is 2.40. The maximum Gasteiger partial charge on any atom is -0.0206 e. The highest BCUT2D eigenvalue weighted by atomic mass is 14.3. The van der Waals surface area contributed by atoms with Gasteiger partial charge >= 0.3 is 0 Å². The molecule has 1 saturated carbocycles. The fourth-order valence-electron chi connectivity index (χ4n) is 1.08. The van der Waals surface area contributed by atoms with Gasteiger partial charge in [-0.2, -0.15) is 0 Å². The molecule has 0 heteroatoms. The van der Waals surface area contributed by atoms with Gasteiger partial charge in [0.2, 0.25) is 0 Å². The van der Waals surface area contributed by atoms with Crippen LogP contribution >= 0.6 is 0 Å². The maximum absolute atomic E-state index is 2.40. The van der Waals surface area contributed by atoms with Crippen molar-refractivity contribution in [1.29, 1.82) is 0 Å². The lowest BCUT2D eigenvalue weighted by Crippen LogP contribution is -1.76. The van der Waals surface area contributed by atoms with E-state index < -0.39 is 0 Å². The number of hydrogen-bond acceptors (Lipinski definition) is 0. The summed E-state index contributed by atoms with van der Waals surface area (Å²) < 4.78 is 0. The van der Waals surface area contributed by atoms with Gasteiger partial charge in [0.15, 0.2) is 0 Å². The van der Waals surface area contributed by atoms with Gasteiger partial charge in [-0.25, -0.2) is 0 Å². The number of allylic oxidation sites excluding steroid dienone is 2. The minimum absolute atomic E-state index is 0.983. The first-order valence-electron chi connectivity index (χ1n) is 4.01. The molecule has 0 aromatic heterocycles. The lowest BCUT2D eigenvalue weighted by molar-refractivity contribution is 0.913. The second-order valence-electron chi connectivity index (χ2n) is 3.01. The van der Waals surface area contributed by atoms with E-state index in [-0.39, 0.29) is 0 Å². The van der Waals surface area contributed by atoms with Crippen molar-refractivity contribution < 1.29 is 0 Å². The van der Waals surface area contributed by atoms with Crippen LogP contribution in [-0.4, -0.2) is 0 Å². The van der Waals surface area contributed by atoms with Crippen LogP contribution in [0.2, 0.25) is 0 Å². The van der Waals surface area contributed by atoms with E-state index in [0.717, 1.165) is 5.92 Å². The normalized spacial score (nSPS) is 20.4. The summed E-state index contributed by atoms with van der Waals surface area (Å²) >= 11 is 0. The summed E-state index contributed by atoms with van der Waals surface area (Å²) in [5, 5.41) is 0. The zero-order valence-electron chi connectivity index (χ0n) is 6.48. The highest BCUT2D eigenvalue weighted by Crippen LogP contribution is 2.36. The van der Waals surface area contributed by atoms with E-state index in [0.29, 0.717) is 0 Å². The van der Waals surface area contributed by atoms with Crippen LogP contribution < -0.4 is 0 Å². The summed E-state index contributed by atoms with van der Waals surface area (Å²) in [5.41, 5.74) is 1.64. The summed E-state index contributed by atoms with van der Waals surface area (Å²) in [6.07, 6.45) is 7.88. The molecule has 0 unspecified atom stereocenters. The number of hydrogen-bond donors (Lipinski definition) is 0.